The van der Waals surface area contributed by atoms with Gasteiger partial charge in [-0.15, -0.1) is 0 Å². The number of nitrogens with zero attached hydrogens (tertiary/aromatic N) is 4. The van der Waals surface area contributed by atoms with Crippen molar-refractivity contribution in [3.05, 3.63) is 34.2 Å². The lowest BCUT2D eigenvalue weighted by Gasteiger charge is -2.25. The van der Waals surface area contributed by atoms with Crippen LogP contribution in [0.5, 0.6) is 0 Å². The van der Waals surface area contributed by atoms with Gasteiger partial charge in [-0.25, -0.2) is 14.0 Å². The summed E-state index contributed by atoms with van der Waals surface area (Å²) in [7, 11) is -3.88. The Balaban J connectivity index is 1.72. The van der Waals surface area contributed by atoms with E-state index < -0.39 is 27.8 Å². The number of nitrogens with two attached hydrogens (primary N) is 1. The van der Waals surface area contributed by atoms with Gasteiger partial charge in [-0.05, 0) is 64.7 Å². The van der Waals surface area contributed by atoms with Crippen LogP contribution in [-0.2, 0) is 14.5 Å². The Hall–Kier alpha value is -2.17. The van der Waals surface area contributed by atoms with Gasteiger partial charge in [0.1, 0.15) is 5.82 Å². The van der Waals surface area contributed by atoms with Crippen molar-refractivity contribution in [1.29, 1.82) is 0 Å². The topological polar surface area (TPSA) is 168 Å². The number of anilines is 1. The zero-order valence-corrected chi connectivity index (χ0v) is 19.7. The second kappa shape index (κ2) is 9.76. The molecule has 176 valence electrons. The Kier molecular flexibility index (Phi) is 7.46. The molecule has 0 spiro atoms. The predicted octanol–water partition coefficient (Wildman–Crippen LogP) is 1.51. The van der Waals surface area contributed by atoms with Crippen molar-refractivity contribution in [3.63, 3.8) is 0 Å². The van der Waals surface area contributed by atoms with E-state index in [2.05, 4.69) is 36.6 Å². The van der Waals surface area contributed by atoms with Crippen LogP contribution in [0, 0.1) is 5.82 Å². The maximum absolute atomic E-state index is 13.4. The highest BCUT2D eigenvalue weighted by molar-refractivity contribution is 9.10. The fourth-order valence-corrected chi connectivity index (χ4v) is 4.74. The van der Waals surface area contributed by atoms with Crippen molar-refractivity contribution in [2.75, 3.05) is 25.0 Å². The van der Waals surface area contributed by atoms with Crippen molar-refractivity contribution < 1.29 is 26.8 Å². The molecule has 1 atom stereocenters. The molecule has 1 aromatic carbocycles. The van der Waals surface area contributed by atoms with Gasteiger partial charge in [0, 0.05) is 25.2 Å². The smallest absolute Gasteiger partial charge is 0.338 e. The summed E-state index contributed by atoms with van der Waals surface area (Å²) in [4.78, 5) is 4.17. The molecule has 1 aliphatic rings. The summed E-state index contributed by atoms with van der Waals surface area (Å²) in [6, 6.07) is 4.02. The minimum absolute atomic E-state index is 0.0401. The lowest BCUT2D eigenvalue weighted by molar-refractivity contribution is 0.220. The lowest BCUT2D eigenvalue weighted by Crippen LogP contribution is -2.49. The molecule has 12 nitrogen and oxygen atoms in total. The maximum Gasteiger partial charge on any atom is 0.338 e. The molecule has 0 amide bonds. The Morgan fingerprint density at radius 1 is 1.50 bits per heavy atom. The molecule has 32 heavy (non-hydrogen) atoms. The third-order valence-electron chi connectivity index (χ3n) is 4.55. The number of benzene rings is 1. The normalized spacial score (nSPS) is 20.2. The van der Waals surface area contributed by atoms with Crippen LogP contribution in [0.2, 0.25) is 0 Å². The van der Waals surface area contributed by atoms with Gasteiger partial charge in [0.25, 0.3) is 0 Å². The quantitative estimate of drug-likeness (QED) is 0.221. The molecule has 1 aromatic heterocycles. The first-order chi connectivity index (χ1) is 15.0. The van der Waals surface area contributed by atoms with Gasteiger partial charge >= 0.3 is 10.3 Å². The Morgan fingerprint density at radius 3 is 2.91 bits per heavy atom. The summed E-state index contributed by atoms with van der Waals surface area (Å²) in [5, 5.41) is 19.9. The van der Waals surface area contributed by atoms with E-state index in [-0.39, 0.29) is 41.5 Å². The molecule has 1 saturated heterocycles. The van der Waals surface area contributed by atoms with E-state index in [0.717, 1.165) is 0 Å². The standard InChI is InChI=1S/C17H23BrFN7O5S/c1-10(2)30-32(28,29)26-6-5-17(20,9-26)8-21-15-14(24-31-25-15)16(23-27)22-11-3-4-13(19)12(18)7-11/h3-4,7,10,27H,5-6,8-9,20H2,1-2H3,(H,21,25)(H,22,23)/t17-/m1/s1. The van der Waals surface area contributed by atoms with Crippen LogP contribution >= 0.6 is 15.9 Å². The highest BCUT2D eigenvalue weighted by Crippen LogP contribution is 2.25. The van der Waals surface area contributed by atoms with Gasteiger partial charge in [-0.3, -0.25) is 14.9 Å². The van der Waals surface area contributed by atoms with Gasteiger partial charge in [-0.1, -0.05) is 0 Å². The van der Waals surface area contributed by atoms with E-state index in [1.165, 1.54) is 22.5 Å². The monoisotopic (exact) mass is 535 g/mol. The molecule has 0 aliphatic carbocycles. The first-order valence-electron chi connectivity index (χ1n) is 9.51. The predicted molar refractivity (Wildman–Crippen MR) is 116 cm³/mol. The average Bonchev–Trinajstić information content (AvgIpc) is 3.34. The van der Waals surface area contributed by atoms with Gasteiger partial charge in [0.05, 0.1) is 16.3 Å². The second-order valence-electron chi connectivity index (χ2n) is 7.53. The third kappa shape index (κ3) is 5.79. The first kappa shape index (κ1) is 24.5. The van der Waals surface area contributed by atoms with Crippen molar-refractivity contribution in [3.8, 4) is 0 Å². The summed E-state index contributed by atoms with van der Waals surface area (Å²) in [6.45, 7) is 3.63. The van der Waals surface area contributed by atoms with E-state index in [0.29, 0.717) is 12.1 Å². The van der Waals surface area contributed by atoms with E-state index in [4.69, 9.17) is 14.5 Å². The van der Waals surface area contributed by atoms with Gasteiger partial charge < -0.3 is 11.1 Å². The number of amidine groups is 1. The number of halogens is 2. The molecule has 5 N–H and O–H groups in total. The average molecular weight is 536 g/mol. The summed E-state index contributed by atoms with van der Waals surface area (Å²) in [5.41, 5.74) is 7.74. The van der Waals surface area contributed by atoms with E-state index in [1.807, 2.05) is 5.48 Å². The molecule has 0 bridgehead atoms. The van der Waals surface area contributed by atoms with Crippen LogP contribution in [0.3, 0.4) is 0 Å². The molecule has 0 radical (unpaired) electrons. The number of nitrogens with one attached hydrogen (secondary N) is 2. The number of aromatic nitrogens is 2. The highest BCUT2D eigenvalue weighted by Gasteiger charge is 2.41. The molecule has 3 rings (SSSR count). The number of aliphatic imine (C=N–C) groups is 1. The van der Waals surface area contributed by atoms with Crippen molar-refractivity contribution in [2.45, 2.75) is 31.9 Å². The molecule has 0 unspecified atom stereocenters. The third-order valence-corrected chi connectivity index (χ3v) is 6.73. The molecule has 2 heterocycles. The van der Waals surface area contributed by atoms with E-state index >= 15 is 0 Å². The Bertz CT molecular complexity index is 1100. The first-order valence-corrected chi connectivity index (χ1v) is 11.7. The zero-order chi connectivity index (χ0) is 23.5. The largest absolute Gasteiger partial charge is 0.363 e. The lowest BCUT2D eigenvalue weighted by atomic mass is 10.0. The van der Waals surface area contributed by atoms with Crippen molar-refractivity contribution >= 4 is 43.6 Å². The van der Waals surface area contributed by atoms with Crippen LogP contribution in [0.15, 0.2) is 32.3 Å². The van der Waals surface area contributed by atoms with E-state index in [9.17, 15) is 18.0 Å². The SMILES string of the molecule is CC(C)OS(=O)(=O)N1CC[C@@](N)(CNc2nonc2C(=Nc2ccc(F)c(Br)c2)NO)C1. The number of hydroxylamine groups is 1. The number of hydrogen-bond acceptors (Lipinski definition) is 10. The maximum atomic E-state index is 13.4. The van der Waals surface area contributed by atoms with Gasteiger partial charge in [0.15, 0.2) is 11.5 Å². The fraction of sp³-hybridized carbons (Fsp3) is 0.471. The van der Waals surface area contributed by atoms with Crippen LogP contribution < -0.4 is 16.5 Å². The summed E-state index contributed by atoms with van der Waals surface area (Å²) in [5.74, 6) is -0.456. The van der Waals surface area contributed by atoms with Crippen LogP contribution in [0.4, 0.5) is 15.9 Å². The molecule has 1 fully saturated rings. The Labute approximate surface area is 192 Å². The molecule has 0 saturated carbocycles. The summed E-state index contributed by atoms with van der Waals surface area (Å²) in [6.07, 6.45) is -0.107. The minimum Gasteiger partial charge on any atom is -0.363 e. The highest BCUT2D eigenvalue weighted by atomic mass is 79.9. The number of rotatable bonds is 8. The van der Waals surface area contributed by atoms with Crippen LogP contribution in [-0.4, -0.2) is 65.4 Å². The molecule has 1 aliphatic heterocycles. The Morgan fingerprint density at radius 2 is 2.25 bits per heavy atom. The molecular formula is C17H23BrFN7O5S. The molecule has 2 aromatic rings. The molecular weight excluding hydrogens is 513 g/mol. The summed E-state index contributed by atoms with van der Waals surface area (Å²) < 4.78 is 49.1. The summed E-state index contributed by atoms with van der Waals surface area (Å²) >= 11 is 3.07. The number of hydrogen-bond donors (Lipinski definition) is 4. The van der Waals surface area contributed by atoms with Crippen LogP contribution in [0.25, 0.3) is 0 Å². The fourth-order valence-electron chi connectivity index (χ4n) is 3.03. The van der Waals surface area contributed by atoms with Gasteiger partial charge in [0.2, 0.25) is 5.82 Å². The second-order valence-corrected chi connectivity index (χ2v) is 9.95. The van der Waals surface area contributed by atoms with Crippen molar-refractivity contribution in [2.24, 2.45) is 10.7 Å². The van der Waals surface area contributed by atoms with Crippen LogP contribution in [0.1, 0.15) is 26.0 Å². The van der Waals surface area contributed by atoms with Gasteiger partial charge in [-0.2, -0.15) is 12.7 Å². The minimum atomic E-state index is -3.88. The zero-order valence-electron chi connectivity index (χ0n) is 17.2. The van der Waals surface area contributed by atoms with Crippen molar-refractivity contribution in [1.82, 2.24) is 20.1 Å². The molecule has 15 heteroatoms. The van der Waals surface area contributed by atoms with E-state index in [1.54, 1.807) is 13.8 Å².